The van der Waals surface area contributed by atoms with E-state index in [0.717, 1.165) is 39.1 Å². The Bertz CT molecular complexity index is 458. The van der Waals surface area contributed by atoms with E-state index in [1.165, 1.54) is 17.5 Å². The first-order chi connectivity index (χ1) is 10.2. The molecule has 21 heavy (non-hydrogen) atoms. The molecule has 1 saturated heterocycles. The minimum Gasteiger partial charge on any atom is -0.381 e. The highest BCUT2D eigenvalue weighted by Crippen LogP contribution is 2.18. The number of aryl methyl sites for hydroxylation is 2. The first-order valence-electron chi connectivity index (χ1n) is 8.10. The molecule has 116 valence electrons. The van der Waals surface area contributed by atoms with Crippen molar-refractivity contribution in [3.05, 3.63) is 35.4 Å². The number of benzene rings is 1. The topological polar surface area (TPSA) is 29.5 Å². The van der Waals surface area contributed by atoms with Crippen LogP contribution in [0.2, 0.25) is 0 Å². The van der Waals surface area contributed by atoms with Crippen molar-refractivity contribution in [1.82, 2.24) is 4.90 Å². The van der Waals surface area contributed by atoms with Crippen LogP contribution in [0.25, 0.3) is 0 Å². The lowest BCUT2D eigenvalue weighted by atomic mass is 9.98. The quantitative estimate of drug-likeness (QED) is 0.805. The van der Waals surface area contributed by atoms with Gasteiger partial charge in [0.25, 0.3) is 0 Å². The molecule has 1 aromatic carbocycles. The summed E-state index contributed by atoms with van der Waals surface area (Å²) in [5.74, 6) is 0.806. The molecule has 0 aliphatic carbocycles. The summed E-state index contributed by atoms with van der Waals surface area (Å²) in [6, 6.07) is 8.32. The largest absolute Gasteiger partial charge is 0.381 e. The van der Waals surface area contributed by atoms with Crippen molar-refractivity contribution in [1.29, 1.82) is 0 Å². The lowest BCUT2D eigenvalue weighted by molar-refractivity contribution is -0.133. The van der Waals surface area contributed by atoms with Gasteiger partial charge in [-0.15, -0.1) is 0 Å². The number of ether oxygens (including phenoxy) is 1. The Morgan fingerprint density at radius 1 is 1.38 bits per heavy atom. The van der Waals surface area contributed by atoms with Crippen molar-refractivity contribution in [3.8, 4) is 0 Å². The maximum Gasteiger partial charge on any atom is 0.222 e. The van der Waals surface area contributed by atoms with Crippen molar-refractivity contribution >= 4 is 5.91 Å². The van der Waals surface area contributed by atoms with Crippen molar-refractivity contribution in [2.45, 2.75) is 39.5 Å². The molecule has 0 radical (unpaired) electrons. The standard InChI is InChI=1S/C18H27NO2/c1-3-21-14-16-8-6-12-19(13-16)18(20)11-10-17-9-5-4-7-15(17)2/h4-5,7,9,16H,3,6,8,10-14H2,1-2H3. The van der Waals surface area contributed by atoms with Crippen LogP contribution >= 0.6 is 0 Å². The molecule has 0 bridgehead atoms. The Balaban J connectivity index is 1.81. The van der Waals surface area contributed by atoms with Gasteiger partial charge in [0.1, 0.15) is 0 Å². The minimum atomic E-state index is 0.291. The molecule has 2 rings (SSSR count). The van der Waals surface area contributed by atoms with Crippen LogP contribution in [0.5, 0.6) is 0 Å². The van der Waals surface area contributed by atoms with Gasteiger partial charge in [0.05, 0.1) is 6.61 Å². The van der Waals surface area contributed by atoms with Crippen molar-refractivity contribution in [2.24, 2.45) is 5.92 Å². The van der Waals surface area contributed by atoms with E-state index in [4.69, 9.17) is 4.74 Å². The van der Waals surface area contributed by atoms with E-state index in [-0.39, 0.29) is 0 Å². The third kappa shape index (κ3) is 4.85. The third-order valence-electron chi connectivity index (χ3n) is 4.30. The second kappa shape index (κ2) is 8.18. The second-order valence-electron chi connectivity index (χ2n) is 5.93. The van der Waals surface area contributed by atoms with Crippen LogP contribution in [-0.4, -0.2) is 37.1 Å². The van der Waals surface area contributed by atoms with Gasteiger partial charge >= 0.3 is 0 Å². The summed E-state index contributed by atoms with van der Waals surface area (Å²) >= 11 is 0. The van der Waals surface area contributed by atoms with Gasteiger partial charge in [-0.2, -0.15) is 0 Å². The molecule has 1 atom stereocenters. The van der Waals surface area contributed by atoms with Crippen LogP contribution in [0.3, 0.4) is 0 Å². The van der Waals surface area contributed by atoms with E-state index < -0.39 is 0 Å². The zero-order valence-corrected chi connectivity index (χ0v) is 13.3. The molecule has 1 fully saturated rings. The van der Waals surface area contributed by atoms with E-state index in [1.807, 2.05) is 24.0 Å². The minimum absolute atomic E-state index is 0.291. The van der Waals surface area contributed by atoms with Gasteiger partial charge < -0.3 is 9.64 Å². The zero-order chi connectivity index (χ0) is 15.1. The van der Waals surface area contributed by atoms with Crippen LogP contribution < -0.4 is 0 Å². The molecule has 1 aromatic rings. The van der Waals surface area contributed by atoms with E-state index in [1.54, 1.807) is 0 Å². The highest BCUT2D eigenvalue weighted by Gasteiger charge is 2.23. The molecule has 0 saturated carbocycles. The first-order valence-corrected chi connectivity index (χ1v) is 8.10. The molecular formula is C18H27NO2. The molecule has 0 aromatic heterocycles. The van der Waals surface area contributed by atoms with E-state index >= 15 is 0 Å². The maximum absolute atomic E-state index is 12.4. The summed E-state index contributed by atoms with van der Waals surface area (Å²) in [6.07, 6.45) is 3.75. The fraction of sp³-hybridized carbons (Fsp3) is 0.611. The predicted octanol–water partition coefficient (Wildman–Crippen LogP) is 3.20. The summed E-state index contributed by atoms with van der Waals surface area (Å²) in [6.45, 7) is 7.46. The van der Waals surface area contributed by atoms with Gasteiger partial charge in [0.15, 0.2) is 0 Å². The summed E-state index contributed by atoms with van der Waals surface area (Å²) in [7, 11) is 0. The highest BCUT2D eigenvalue weighted by molar-refractivity contribution is 5.76. The Morgan fingerprint density at radius 3 is 2.95 bits per heavy atom. The molecule has 0 N–H and O–H groups in total. The number of carbonyl (C=O) groups excluding carboxylic acids is 1. The molecule has 3 nitrogen and oxygen atoms in total. The van der Waals surface area contributed by atoms with Crippen LogP contribution in [0.15, 0.2) is 24.3 Å². The average Bonchev–Trinajstić information content (AvgIpc) is 2.52. The monoisotopic (exact) mass is 289 g/mol. The van der Waals surface area contributed by atoms with E-state index in [9.17, 15) is 4.79 Å². The Morgan fingerprint density at radius 2 is 2.19 bits per heavy atom. The zero-order valence-electron chi connectivity index (χ0n) is 13.3. The third-order valence-corrected chi connectivity index (χ3v) is 4.30. The van der Waals surface area contributed by atoms with E-state index in [2.05, 4.69) is 19.1 Å². The van der Waals surface area contributed by atoms with Crippen LogP contribution in [0, 0.1) is 12.8 Å². The van der Waals surface area contributed by atoms with Gasteiger partial charge in [-0.05, 0) is 50.2 Å². The van der Waals surface area contributed by atoms with Gasteiger partial charge in [-0.3, -0.25) is 4.79 Å². The molecule has 3 heteroatoms. The number of piperidine rings is 1. The van der Waals surface area contributed by atoms with Gasteiger partial charge in [-0.1, -0.05) is 24.3 Å². The van der Waals surface area contributed by atoms with Crippen LogP contribution in [-0.2, 0) is 16.0 Å². The SMILES string of the molecule is CCOCC1CCCN(C(=O)CCc2ccccc2C)C1. The number of carbonyl (C=O) groups is 1. The Kier molecular flexibility index (Phi) is 6.24. The molecule has 1 unspecified atom stereocenters. The fourth-order valence-electron chi connectivity index (χ4n) is 3.00. The smallest absolute Gasteiger partial charge is 0.222 e. The normalized spacial score (nSPS) is 18.8. The van der Waals surface area contributed by atoms with Gasteiger partial charge in [0.2, 0.25) is 5.91 Å². The number of nitrogens with zero attached hydrogens (tertiary/aromatic N) is 1. The summed E-state index contributed by atoms with van der Waals surface area (Å²) < 4.78 is 5.51. The average molecular weight is 289 g/mol. The summed E-state index contributed by atoms with van der Waals surface area (Å²) in [4.78, 5) is 14.4. The molecule has 0 spiro atoms. The molecule has 1 amide bonds. The van der Waals surface area contributed by atoms with Crippen molar-refractivity contribution in [2.75, 3.05) is 26.3 Å². The number of hydrogen-bond donors (Lipinski definition) is 0. The summed E-state index contributed by atoms with van der Waals surface area (Å²) in [5, 5.41) is 0. The Hall–Kier alpha value is -1.35. The molecule has 1 aliphatic rings. The van der Waals surface area contributed by atoms with Gasteiger partial charge in [-0.25, -0.2) is 0 Å². The lowest BCUT2D eigenvalue weighted by Crippen LogP contribution is -2.41. The number of amides is 1. The van der Waals surface area contributed by atoms with Gasteiger partial charge in [0, 0.05) is 26.1 Å². The number of rotatable bonds is 6. The second-order valence-corrected chi connectivity index (χ2v) is 5.93. The van der Waals surface area contributed by atoms with Crippen LogP contribution in [0.4, 0.5) is 0 Å². The number of likely N-dealkylation sites (tertiary alicyclic amines) is 1. The van der Waals surface area contributed by atoms with Crippen molar-refractivity contribution < 1.29 is 9.53 Å². The molecular weight excluding hydrogens is 262 g/mol. The molecule has 1 aliphatic heterocycles. The summed E-state index contributed by atoms with van der Waals surface area (Å²) in [5.41, 5.74) is 2.56. The first kappa shape index (κ1) is 16.0. The fourth-order valence-corrected chi connectivity index (χ4v) is 3.00. The Labute approximate surface area is 128 Å². The molecule has 1 heterocycles. The predicted molar refractivity (Wildman–Crippen MR) is 85.3 cm³/mol. The number of hydrogen-bond acceptors (Lipinski definition) is 2. The highest BCUT2D eigenvalue weighted by atomic mass is 16.5. The maximum atomic E-state index is 12.4. The lowest BCUT2D eigenvalue weighted by Gasteiger charge is -2.32. The van der Waals surface area contributed by atoms with Crippen LogP contribution in [0.1, 0.15) is 37.3 Å². The van der Waals surface area contributed by atoms with E-state index in [0.29, 0.717) is 18.2 Å². The van der Waals surface area contributed by atoms with Crippen molar-refractivity contribution in [3.63, 3.8) is 0 Å².